The Balaban J connectivity index is 1.81. The summed E-state index contributed by atoms with van der Waals surface area (Å²) in [4.78, 5) is 30.7. The molecule has 0 saturated carbocycles. The fourth-order valence-electron chi connectivity index (χ4n) is 4.01. The number of benzene rings is 2. The Hall–Kier alpha value is -3.48. The van der Waals surface area contributed by atoms with Crippen LogP contribution in [0.3, 0.4) is 0 Å². The van der Waals surface area contributed by atoms with E-state index in [1.54, 1.807) is 15.2 Å². The van der Waals surface area contributed by atoms with Crippen molar-refractivity contribution in [3.05, 3.63) is 76.6 Å². The number of nitrogens with zero attached hydrogens (tertiary/aromatic N) is 3. The highest BCUT2D eigenvalue weighted by atomic mass is 19.1. The van der Waals surface area contributed by atoms with Crippen LogP contribution in [-0.2, 0) is 17.9 Å². The zero-order valence-corrected chi connectivity index (χ0v) is 18.5. The molecule has 1 amide bonds. The Morgan fingerprint density at radius 2 is 1.91 bits per heavy atom. The van der Waals surface area contributed by atoms with Crippen LogP contribution in [0.1, 0.15) is 38.7 Å². The number of hydrogen-bond acceptors (Lipinski definition) is 3. The summed E-state index contributed by atoms with van der Waals surface area (Å²) in [5, 5.41) is 3.46. The van der Waals surface area contributed by atoms with Crippen molar-refractivity contribution in [3.8, 4) is 0 Å². The monoisotopic (exact) mass is 434 g/mol. The van der Waals surface area contributed by atoms with E-state index in [1.165, 1.54) is 18.5 Å². The fourth-order valence-corrected chi connectivity index (χ4v) is 4.01. The average Bonchev–Trinajstić information content (AvgIpc) is 3.09. The zero-order chi connectivity index (χ0) is 22.8. The number of hydrogen-bond donors (Lipinski definition) is 1. The van der Waals surface area contributed by atoms with Gasteiger partial charge in [-0.15, -0.1) is 0 Å². The van der Waals surface area contributed by atoms with Crippen LogP contribution < -0.4 is 10.9 Å². The standard InChI is InChI=1S/C25H27FN4O2/c1-4-17(3)28-22(31)14-30-21-11-10-19(26)12-20(21)23-24(30)25(32)29(15-27-23)13-16(2)18-8-6-5-7-9-18/h5-12,15-17H,4,13-14H2,1-3H3,(H,28,31)/t16-,17-/m0/s1. The minimum Gasteiger partial charge on any atom is -0.352 e. The van der Waals surface area contributed by atoms with Gasteiger partial charge < -0.3 is 9.88 Å². The molecule has 4 aromatic rings. The van der Waals surface area contributed by atoms with Crippen molar-refractivity contribution in [2.45, 2.75) is 52.2 Å². The van der Waals surface area contributed by atoms with Gasteiger partial charge in [0.1, 0.15) is 23.4 Å². The van der Waals surface area contributed by atoms with Crippen molar-refractivity contribution in [2.24, 2.45) is 0 Å². The summed E-state index contributed by atoms with van der Waals surface area (Å²) in [6, 6.07) is 14.3. The van der Waals surface area contributed by atoms with Gasteiger partial charge in [-0.3, -0.25) is 14.2 Å². The highest BCUT2D eigenvalue weighted by molar-refractivity contribution is 6.06. The first-order chi connectivity index (χ1) is 15.4. The van der Waals surface area contributed by atoms with Crippen LogP contribution in [0.2, 0.25) is 0 Å². The normalized spacial score (nSPS) is 13.4. The van der Waals surface area contributed by atoms with E-state index < -0.39 is 5.82 Å². The highest BCUT2D eigenvalue weighted by Gasteiger charge is 2.20. The van der Waals surface area contributed by atoms with Gasteiger partial charge >= 0.3 is 0 Å². The first-order valence-electron chi connectivity index (χ1n) is 10.9. The van der Waals surface area contributed by atoms with Crippen molar-refractivity contribution in [1.82, 2.24) is 19.4 Å². The molecule has 0 aliphatic rings. The molecule has 2 atom stereocenters. The Morgan fingerprint density at radius 3 is 2.62 bits per heavy atom. The number of rotatable bonds is 7. The molecule has 0 bridgehead atoms. The number of fused-ring (bicyclic) bond motifs is 3. The molecule has 6 nitrogen and oxygen atoms in total. The summed E-state index contributed by atoms with van der Waals surface area (Å²) in [7, 11) is 0. The van der Waals surface area contributed by atoms with E-state index in [0.717, 1.165) is 12.0 Å². The fraction of sp³-hybridized carbons (Fsp3) is 0.320. The second kappa shape index (κ2) is 8.94. The minimum absolute atomic E-state index is 0.0227. The second-order valence-electron chi connectivity index (χ2n) is 8.34. The largest absolute Gasteiger partial charge is 0.352 e. The van der Waals surface area contributed by atoms with Gasteiger partial charge in [0.25, 0.3) is 5.56 Å². The molecule has 0 unspecified atom stereocenters. The van der Waals surface area contributed by atoms with Crippen LogP contribution in [0.4, 0.5) is 4.39 Å². The maximum Gasteiger partial charge on any atom is 0.277 e. The SMILES string of the molecule is CC[C@H](C)NC(=O)Cn1c2ccc(F)cc2c2ncn(C[C@H](C)c3ccccc3)c(=O)c21. The molecule has 2 heterocycles. The molecule has 4 rings (SSSR count). The average molecular weight is 435 g/mol. The van der Waals surface area contributed by atoms with Gasteiger partial charge in [-0.1, -0.05) is 44.2 Å². The second-order valence-corrected chi connectivity index (χ2v) is 8.34. The molecule has 166 valence electrons. The third-order valence-corrected chi connectivity index (χ3v) is 5.95. The lowest BCUT2D eigenvalue weighted by Crippen LogP contribution is -2.35. The van der Waals surface area contributed by atoms with Crippen LogP contribution in [0, 0.1) is 5.82 Å². The molecule has 0 aliphatic heterocycles. The van der Waals surface area contributed by atoms with Crippen LogP contribution in [-0.4, -0.2) is 26.1 Å². The van der Waals surface area contributed by atoms with E-state index in [-0.39, 0.29) is 30.0 Å². The van der Waals surface area contributed by atoms with Crippen LogP contribution in [0.25, 0.3) is 21.9 Å². The molecule has 2 aromatic carbocycles. The summed E-state index contributed by atoms with van der Waals surface area (Å²) in [5.41, 5.74) is 2.21. The number of aromatic nitrogens is 3. The first-order valence-corrected chi connectivity index (χ1v) is 10.9. The van der Waals surface area contributed by atoms with Gasteiger partial charge in [0.2, 0.25) is 5.91 Å². The van der Waals surface area contributed by atoms with E-state index in [1.807, 2.05) is 44.2 Å². The summed E-state index contributed by atoms with van der Waals surface area (Å²) in [5.74, 6) is -0.517. The summed E-state index contributed by atoms with van der Waals surface area (Å²) < 4.78 is 17.2. The molecule has 0 fully saturated rings. The number of carbonyl (C=O) groups is 1. The van der Waals surface area contributed by atoms with Crippen molar-refractivity contribution in [3.63, 3.8) is 0 Å². The number of amides is 1. The molecule has 0 aliphatic carbocycles. The predicted molar refractivity (Wildman–Crippen MR) is 124 cm³/mol. The van der Waals surface area contributed by atoms with E-state index >= 15 is 0 Å². The molecule has 1 N–H and O–H groups in total. The van der Waals surface area contributed by atoms with Gasteiger partial charge in [-0.2, -0.15) is 0 Å². The Labute approximate surface area is 185 Å². The minimum atomic E-state index is -0.413. The number of carbonyl (C=O) groups excluding carboxylic acids is 1. The van der Waals surface area contributed by atoms with Gasteiger partial charge in [-0.05, 0) is 43.0 Å². The smallest absolute Gasteiger partial charge is 0.277 e. The van der Waals surface area contributed by atoms with Crippen molar-refractivity contribution < 1.29 is 9.18 Å². The summed E-state index contributed by atoms with van der Waals surface area (Å²) in [6.07, 6.45) is 2.31. The number of nitrogens with one attached hydrogen (secondary N) is 1. The Kier molecular flexibility index (Phi) is 6.08. The van der Waals surface area contributed by atoms with Crippen molar-refractivity contribution >= 4 is 27.8 Å². The summed E-state index contributed by atoms with van der Waals surface area (Å²) >= 11 is 0. The molecular weight excluding hydrogens is 407 g/mol. The number of halogens is 1. The molecule has 32 heavy (non-hydrogen) atoms. The van der Waals surface area contributed by atoms with E-state index in [0.29, 0.717) is 28.5 Å². The van der Waals surface area contributed by atoms with E-state index in [9.17, 15) is 14.0 Å². The van der Waals surface area contributed by atoms with E-state index in [4.69, 9.17) is 0 Å². The highest BCUT2D eigenvalue weighted by Crippen LogP contribution is 2.26. The molecule has 2 aromatic heterocycles. The van der Waals surface area contributed by atoms with Gasteiger partial charge in [0.15, 0.2) is 0 Å². The molecule has 0 radical (unpaired) electrons. The molecule has 7 heteroatoms. The van der Waals surface area contributed by atoms with E-state index in [2.05, 4.69) is 17.2 Å². The third kappa shape index (κ3) is 4.15. The quantitative estimate of drug-likeness (QED) is 0.474. The summed E-state index contributed by atoms with van der Waals surface area (Å²) in [6.45, 7) is 6.38. The van der Waals surface area contributed by atoms with Gasteiger partial charge in [0.05, 0.1) is 11.8 Å². The van der Waals surface area contributed by atoms with Gasteiger partial charge in [0, 0.05) is 18.0 Å². The molecular formula is C25H27FN4O2. The van der Waals surface area contributed by atoms with Crippen molar-refractivity contribution in [2.75, 3.05) is 0 Å². The lowest BCUT2D eigenvalue weighted by molar-refractivity contribution is -0.122. The lowest BCUT2D eigenvalue weighted by atomic mass is 10.0. The molecule has 0 saturated heterocycles. The first kappa shape index (κ1) is 21.7. The lowest BCUT2D eigenvalue weighted by Gasteiger charge is -2.15. The van der Waals surface area contributed by atoms with Crippen LogP contribution >= 0.6 is 0 Å². The zero-order valence-electron chi connectivity index (χ0n) is 18.5. The topological polar surface area (TPSA) is 68.9 Å². The van der Waals surface area contributed by atoms with Crippen molar-refractivity contribution in [1.29, 1.82) is 0 Å². The maximum atomic E-state index is 14.0. The van der Waals surface area contributed by atoms with Crippen LogP contribution in [0.5, 0.6) is 0 Å². The maximum absolute atomic E-state index is 14.0. The predicted octanol–water partition coefficient (Wildman–Crippen LogP) is 4.21. The van der Waals surface area contributed by atoms with Gasteiger partial charge in [-0.25, -0.2) is 9.37 Å². The Bertz CT molecular complexity index is 1330. The third-order valence-electron chi connectivity index (χ3n) is 5.95. The Morgan fingerprint density at radius 1 is 1.16 bits per heavy atom. The molecule has 0 spiro atoms. The van der Waals surface area contributed by atoms with Crippen LogP contribution in [0.15, 0.2) is 59.7 Å².